The van der Waals surface area contributed by atoms with Gasteiger partial charge in [-0.25, -0.2) is 9.78 Å². The smallest absolute Gasteiger partial charge is 0.384 e. The molecule has 0 aliphatic heterocycles. The third kappa shape index (κ3) is 2.82. The number of benzene rings is 1. The van der Waals surface area contributed by atoms with E-state index in [1.807, 2.05) is 0 Å². The van der Waals surface area contributed by atoms with Crippen LogP contribution in [0.4, 0.5) is 5.82 Å². The number of nitrogens with two attached hydrogens (primary N) is 1. The second-order valence-corrected chi connectivity index (χ2v) is 4.84. The van der Waals surface area contributed by atoms with Gasteiger partial charge in [0.1, 0.15) is 5.82 Å². The number of amides is 1. The van der Waals surface area contributed by atoms with Crippen LogP contribution in [0.1, 0.15) is 15.9 Å². The molecule has 8 heteroatoms. The van der Waals surface area contributed by atoms with E-state index in [0.717, 1.165) is 5.56 Å². The van der Waals surface area contributed by atoms with Gasteiger partial charge in [-0.3, -0.25) is 4.79 Å². The van der Waals surface area contributed by atoms with E-state index < -0.39 is 11.6 Å². The highest BCUT2D eigenvalue weighted by Crippen LogP contribution is 2.17. The van der Waals surface area contributed by atoms with Crippen LogP contribution in [0.15, 0.2) is 47.4 Å². The number of primary amides is 1. The molecule has 1 amide bonds. The summed E-state index contributed by atoms with van der Waals surface area (Å²) in [5.74, 6) is -0.169. The molecule has 2 aromatic heterocycles. The number of nitrogens with zero attached hydrogens (tertiary/aromatic N) is 3. The minimum Gasteiger partial charge on any atom is -0.422 e. The molecule has 0 saturated carbocycles. The number of hydrogen-bond donors (Lipinski definition) is 3. The van der Waals surface area contributed by atoms with Gasteiger partial charge in [0.25, 0.3) is 0 Å². The lowest BCUT2D eigenvalue weighted by atomic mass is 10.1. The van der Waals surface area contributed by atoms with Crippen molar-refractivity contribution in [3.05, 3.63) is 64.2 Å². The Labute approximate surface area is 130 Å². The van der Waals surface area contributed by atoms with Crippen molar-refractivity contribution in [3.8, 4) is 0 Å². The van der Waals surface area contributed by atoms with Gasteiger partial charge in [-0.15, -0.1) is 4.73 Å². The number of rotatable bonds is 4. The van der Waals surface area contributed by atoms with Crippen molar-refractivity contribution in [2.45, 2.75) is 6.54 Å². The van der Waals surface area contributed by atoms with Crippen molar-refractivity contribution in [1.82, 2.24) is 14.7 Å². The summed E-state index contributed by atoms with van der Waals surface area (Å²) in [6.45, 7) is 0.380. The monoisotopic (exact) mass is 311 g/mol. The van der Waals surface area contributed by atoms with Crippen molar-refractivity contribution < 1.29 is 10.0 Å². The second-order valence-electron chi connectivity index (χ2n) is 4.84. The first-order chi connectivity index (χ1) is 11.1. The zero-order valence-corrected chi connectivity index (χ0v) is 11.9. The molecule has 0 spiro atoms. The molecule has 4 N–H and O–H groups in total. The number of hydrogen-bond acceptors (Lipinski definition) is 6. The van der Waals surface area contributed by atoms with Gasteiger partial charge < -0.3 is 16.3 Å². The predicted molar refractivity (Wildman–Crippen MR) is 83.3 cm³/mol. The lowest BCUT2D eigenvalue weighted by molar-refractivity contribution is 0.100. The SMILES string of the molecule is NC(=O)c1ccc(CNc2nc(=O)n(O)c3ncccc23)cc1. The minimum absolute atomic E-state index is 0.124. The minimum atomic E-state index is -0.817. The largest absolute Gasteiger partial charge is 0.422 e. The van der Waals surface area contributed by atoms with E-state index in [2.05, 4.69) is 15.3 Å². The van der Waals surface area contributed by atoms with Crippen LogP contribution in [-0.2, 0) is 6.54 Å². The van der Waals surface area contributed by atoms with Gasteiger partial charge >= 0.3 is 5.69 Å². The van der Waals surface area contributed by atoms with Crippen LogP contribution in [0, 0.1) is 0 Å². The molecule has 3 aromatic rings. The van der Waals surface area contributed by atoms with Crippen LogP contribution in [0.25, 0.3) is 11.0 Å². The molecule has 0 aliphatic carbocycles. The van der Waals surface area contributed by atoms with Gasteiger partial charge in [-0.1, -0.05) is 12.1 Å². The van der Waals surface area contributed by atoms with Crippen molar-refractivity contribution in [2.75, 3.05) is 5.32 Å². The maximum absolute atomic E-state index is 11.7. The topological polar surface area (TPSA) is 123 Å². The first-order valence-corrected chi connectivity index (χ1v) is 6.76. The summed E-state index contributed by atoms with van der Waals surface area (Å²) >= 11 is 0. The van der Waals surface area contributed by atoms with Crippen LogP contribution in [-0.4, -0.2) is 25.8 Å². The van der Waals surface area contributed by atoms with Crippen LogP contribution < -0.4 is 16.7 Å². The average Bonchev–Trinajstić information content (AvgIpc) is 2.57. The van der Waals surface area contributed by atoms with E-state index in [0.29, 0.717) is 28.0 Å². The van der Waals surface area contributed by atoms with Crippen LogP contribution in [0.3, 0.4) is 0 Å². The van der Waals surface area contributed by atoms with Gasteiger partial charge in [0.15, 0.2) is 5.65 Å². The Kier molecular flexibility index (Phi) is 3.63. The molecule has 0 unspecified atom stereocenters. The van der Waals surface area contributed by atoms with Gasteiger partial charge in [-0.2, -0.15) is 4.98 Å². The highest BCUT2D eigenvalue weighted by Gasteiger charge is 2.10. The van der Waals surface area contributed by atoms with E-state index in [4.69, 9.17) is 5.73 Å². The standard InChI is InChI=1S/C15H13N5O3/c16-12(21)10-5-3-9(4-6-10)8-18-13-11-2-1-7-17-14(11)20(23)15(22)19-13/h1-7,23H,8H2,(H2,16,21)(H,18,19,22). The molecule has 23 heavy (non-hydrogen) atoms. The Bertz CT molecular complexity index is 934. The number of carbonyl (C=O) groups excluding carboxylic acids is 1. The number of pyridine rings is 1. The van der Waals surface area contributed by atoms with Gasteiger partial charge in [0.2, 0.25) is 5.91 Å². The Hall–Kier alpha value is -3.42. The van der Waals surface area contributed by atoms with Crippen LogP contribution in [0.2, 0.25) is 0 Å². The lowest BCUT2D eigenvalue weighted by Crippen LogP contribution is -2.23. The number of carbonyl (C=O) groups is 1. The molecular formula is C15H13N5O3. The molecule has 0 bridgehead atoms. The molecule has 0 atom stereocenters. The van der Waals surface area contributed by atoms with E-state index in [1.165, 1.54) is 6.20 Å². The Morgan fingerprint density at radius 1 is 1.26 bits per heavy atom. The maximum atomic E-state index is 11.7. The van der Waals surface area contributed by atoms with E-state index >= 15 is 0 Å². The average molecular weight is 311 g/mol. The fourth-order valence-corrected chi connectivity index (χ4v) is 2.15. The van der Waals surface area contributed by atoms with E-state index in [1.54, 1.807) is 36.4 Å². The van der Waals surface area contributed by atoms with Crippen molar-refractivity contribution in [3.63, 3.8) is 0 Å². The Morgan fingerprint density at radius 3 is 2.70 bits per heavy atom. The number of anilines is 1. The molecule has 8 nitrogen and oxygen atoms in total. The van der Waals surface area contributed by atoms with Crippen LogP contribution >= 0.6 is 0 Å². The summed E-state index contributed by atoms with van der Waals surface area (Å²) in [5.41, 5.74) is 5.79. The van der Waals surface area contributed by atoms with Crippen molar-refractivity contribution in [1.29, 1.82) is 0 Å². The highest BCUT2D eigenvalue weighted by molar-refractivity contribution is 5.92. The third-order valence-electron chi connectivity index (χ3n) is 3.33. The quantitative estimate of drug-likeness (QED) is 0.611. The van der Waals surface area contributed by atoms with E-state index in [9.17, 15) is 14.8 Å². The first kappa shape index (κ1) is 14.5. The second kappa shape index (κ2) is 5.76. The van der Waals surface area contributed by atoms with Gasteiger partial charge in [-0.05, 0) is 29.8 Å². The normalized spacial score (nSPS) is 10.6. The maximum Gasteiger partial charge on any atom is 0.384 e. The molecule has 0 saturated heterocycles. The molecule has 0 aliphatic rings. The summed E-state index contributed by atoms with van der Waals surface area (Å²) in [6.07, 6.45) is 1.47. The fraction of sp³-hybridized carbons (Fsp3) is 0.0667. The molecule has 116 valence electrons. The summed E-state index contributed by atoms with van der Waals surface area (Å²) in [4.78, 5) is 30.5. The fourth-order valence-electron chi connectivity index (χ4n) is 2.15. The van der Waals surface area contributed by atoms with Crippen molar-refractivity contribution >= 4 is 22.8 Å². The number of aromatic nitrogens is 3. The first-order valence-electron chi connectivity index (χ1n) is 6.76. The number of fused-ring (bicyclic) bond motifs is 1. The molecule has 1 aromatic carbocycles. The van der Waals surface area contributed by atoms with Gasteiger partial charge in [0, 0.05) is 18.3 Å². The zero-order chi connectivity index (χ0) is 16.4. The summed E-state index contributed by atoms with van der Waals surface area (Å²) in [5, 5.41) is 13.2. The highest BCUT2D eigenvalue weighted by atomic mass is 16.5. The molecule has 0 radical (unpaired) electrons. The third-order valence-corrected chi connectivity index (χ3v) is 3.33. The van der Waals surface area contributed by atoms with Gasteiger partial charge in [0.05, 0.1) is 5.39 Å². The molecule has 0 fully saturated rings. The lowest BCUT2D eigenvalue weighted by Gasteiger charge is -2.09. The summed E-state index contributed by atoms with van der Waals surface area (Å²) < 4.78 is 0.405. The molecule has 3 rings (SSSR count). The van der Waals surface area contributed by atoms with Crippen LogP contribution in [0.5, 0.6) is 0 Å². The van der Waals surface area contributed by atoms with Crippen molar-refractivity contribution in [2.24, 2.45) is 5.73 Å². The Balaban J connectivity index is 1.89. The predicted octanol–water partition coefficient (Wildman–Crippen LogP) is 0.740. The molecule has 2 heterocycles. The Morgan fingerprint density at radius 2 is 2.00 bits per heavy atom. The zero-order valence-electron chi connectivity index (χ0n) is 11.9. The van der Waals surface area contributed by atoms with E-state index in [-0.39, 0.29) is 5.65 Å². The number of nitrogens with one attached hydrogen (secondary N) is 1. The summed E-state index contributed by atoms with van der Waals surface area (Å²) in [7, 11) is 0. The summed E-state index contributed by atoms with van der Waals surface area (Å²) in [6, 6.07) is 10.1. The molecular weight excluding hydrogens is 298 g/mol.